The van der Waals surface area contributed by atoms with Crippen LogP contribution in [0.15, 0.2) is 28.7 Å². The minimum Gasteiger partial charge on any atom is -0.381 e. The van der Waals surface area contributed by atoms with Crippen LogP contribution in [0.3, 0.4) is 0 Å². The topological polar surface area (TPSA) is 21.3 Å². The standard InChI is InChI=1S/C14H18BrNO/c15-11-3-1-10(2-4-11)13-9-14(13)16-12-5-7-17-8-6-12/h1-4,12-14,16H,5-9H2/t13-,14+/m0/s1. The van der Waals surface area contributed by atoms with Crippen LogP contribution in [-0.2, 0) is 4.74 Å². The Labute approximate surface area is 111 Å². The van der Waals surface area contributed by atoms with Crippen LogP contribution in [0.5, 0.6) is 0 Å². The highest BCUT2D eigenvalue weighted by Crippen LogP contribution is 2.41. The van der Waals surface area contributed by atoms with E-state index in [0.29, 0.717) is 12.1 Å². The van der Waals surface area contributed by atoms with E-state index in [2.05, 4.69) is 45.5 Å². The van der Waals surface area contributed by atoms with Crippen molar-refractivity contribution in [2.24, 2.45) is 0 Å². The fraction of sp³-hybridized carbons (Fsp3) is 0.571. The molecule has 3 heteroatoms. The highest BCUT2D eigenvalue weighted by molar-refractivity contribution is 9.10. The third kappa shape index (κ3) is 2.90. The van der Waals surface area contributed by atoms with Gasteiger partial charge in [0.15, 0.2) is 0 Å². The van der Waals surface area contributed by atoms with E-state index >= 15 is 0 Å². The lowest BCUT2D eigenvalue weighted by Crippen LogP contribution is -2.36. The molecular formula is C14H18BrNO. The van der Waals surface area contributed by atoms with Crippen molar-refractivity contribution in [3.63, 3.8) is 0 Å². The zero-order chi connectivity index (χ0) is 11.7. The molecule has 3 rings (SSSR count). The molecule has 1 N–H and O–H groups in total. The molecule has 0 spiro atoms. The Bertz CT molecular complexity index is 372. The van der Waals surface area contributed by atoms with Crippen LogP contribution in [0.4, 0.5) is 0 Å². The number of nitrogens with one attached hydrogen (secondary N) is 1. The van der Waals surface area contributed by atoms with Crippen LogP contribution in [0.1, 0.15) is 30.7 Å². The summed E-state index contributed by atoms with van der Waals surface area (Å²) in [5.74, 6) is 0.728. The summed E-state index contributed by atoms with van der Waals surface area (Å²) in [4.78, 5) is 0. The van der Waals surface area contributed by atoms with Crippen LogP contribution in [-0.4, -0.2) is 25.3 Å². The Hall–Kier alpha value is -0.380. The molecular weight excluding hydrogens is 278 g/mol. The second kappa shape index (κ2) is 5.09. The van der Waals surface area contributed by atoms with Gasteiger partial charge in [0, 0.05) is 35.7 Å². The number of rotatable bonds is 3. The molecule has 1 saturated carbocycles. The van der Waals surface area contributed by atoms with Crippen LogP contribution in [0.2, 0.25) is 0 Å². The summed E-state index contributed by atoms with van der Waals surface area (Å²) in [6.07, 6.45) is 3.63. The Balaban J connectivity index is 1.53. The molecule has 1 heterocycles. The molecule has 1 aliphatic carbocycles. The van der Waals surface area contributed by atoms with Crippen LogP contribution in [0.25, 0.3) is 0 Å². The average molecular weight is 296 g/mol. The zero-order valence-corrected chi connectivity index (χ0v) is 11.4. The number of benzene rings is 1. The van der Waals surface area contributed by atoms with Crippen molar-refractivity contribution < 1.29 is 4.74 Å². The van der Waals surface area contributed by atoms with Crippen LogP contribution in [0, 0.1) is 0 Å². The first-order valence-electron chi connectivity index (χ1n) is 6.42. The van der Waals surface area contributed by atoms with Crippen molar-refractivity contribution in [3.05, 3.63) is 34.3 Å². The highest BCUT2D eigenvalue weighted by Gasteiger charge is 2.39. The van der Waals surface area contributed by atoms with E-state index in [4.69, 9.17) is 4.74 Å². The van der Waals surface area contributed by atoms with Crippen molar-refractivity contribution in [2.45, 2.75) is 37.3 Å². The maximum Gasteiger partial charge on any atom is 0.0480 e. The van der Waals surface area contributed by atoms with Gasteiger partial charge in [-0.3, -0.25) is 0 Å². The summed E-state index contributed by atoms with van der Waals surface area (Å²) in [7, 11) is 0. The van der Waals surface area contributed by atoms with Crippen molar-refractivity contribution in [3.8, 4) is 0 Å². The minimum atomic E-state index is 0.675. The Morgan fingerprint density at radius 3 is 2.53 bits per heavy atom. The first-order chi connectivity index (χ1) is 8.33. The van der Waals surface area contributed by atoms with Crippen LogP contribution >= 0.6 is 15.9 Å². The SMILES string of the molecule is Brc1ccc([C@@H]2C[C@H]2NC2CCOCC2)cc1. The van der Waals surface area contributed by atoms with Crippen molar-refractivity contribution in [1.82, 2.24) is 5.32 Å². The second-order valence-corrected chi connectivity index (χ2v) is 5.97. The second-order valence-electron chi connectivity index (χ2n) is 5.05. The van der Waals surface area contributed by atoms with E-state index in [0.717, 1.165) is 23.6 Å². The quantitative estimate of drug-likeness (QED) is 0.925. The van der Waals surface area contributed by atoms with Gasteiger partial charge in [0.25, 0.3) is 0 Å². The first kappa shape index (κ1) is 11.7. The predicted octanol–water partition coefficient (Wildman–Crippen LogP) is 3.07. The monoisotopic (exact) mass is 295 g/mol. The molecule has 1 aromatic rings. The molecule has 2 atom stereocenters. The van der Waals surface area contributed by atoms with Crippen molar-refractivity contribution >= 4 is 15.9 Å². The van der Waals surface area contributed by atoms with Gasteiger partial charge >= 0.3 is 0 Å². The first-order valence-corrected chi connectivity index (χ1v) is 7.21. The van der Waals surface area contributed by atoms with Gasteiger partial charge in [-0.15, -0.1) is 0 Å². The summed E-state index contributed by atoms with van der Waals surface area (Å²) < 4.78 is 6.54. The zero-order valence-electron chi connectivity index (χ0n) is 9.86. The summed E-state index contributed by atoms with van der Waals surface area (Å²) in [5, 5.41) is 3.76. The molecule has 0 bridgehead atoms. The van der Waals surface area contributed by atoms with Gasteiger partial charge in [-0.25, -0.2) is 0 Å². The van der Waals surface area contributed by atoms with E-state index in [1.54, 1.807) is 0 Å². The molecule has 0 unspecified atom stereocenters. The van der Waals surface area contributed by atoms with E-state index in [1.165, 1.54) is 24.8 Å². The van der Waals surface area contributed by atoms with E-state index in [9.17, 15) is 0 Å². The van der Waals surface area contributed by atoms with Gasteiger partial charge in [-0.2, -0.15) is 0 Å². The maximum atomic E-state index is 5.38. The summed E-state index contributed by atoms with van der Waals surface area (Å²) in [6.45, 7) is 1.85. The van der Waals surface area contributed by atoms with Crippen molar-refractivity contribution in [2.75, 3.05) is 13.2 Å². The van der Waals surface area contributed by atoms with Gasteiger partial charge in [0.05, 0.1) is 0 Å². The average Bonchev–Trinajstić information content (AvgIpc) is 3.11. The highest BCUT2D eigenvalue weighted by atomic mass is 79.9. The normalized spacial score (nSPS) is 29.2. The minimum absolute atomic E-state index is 0.675. The van der Waals surface area contributed by atoms with Crippen LogP contribution < -0.4 is 5.32 Å². The molecule has 0 aromatic heterocycles. The number of hydrogen-bond donors (Lipinski definition) is 1. The van der Waals surface area contributed by atoms with Gasteiger partial charge in [0.2, 0.25) is 0 Å². The molecule has 2 aliphatic rings. The molecule has 0 radical (unpaired) electrons. The fourth-order valence-corrected chi connectivity index (χ4v) is 2.89. The van der Waals surface area contributed by atoms with E-state index in [-0.39, 0.29) is 0 Å². The number of hydrogen-bond acceptors (Lipinski definition) is 2. The fourth-order valence-electron chi connectivity index (χ4n) is 2.62. The number of halogens is 1. The Kier molecular flexibility index (Phi) is 3.50. The smallest absolute Gasteiger partial charge is 0.0480 e. The predicted molar refractivity (Wildman–Crippen MR) is 72.3 cm³/mol. The summed E-state index contributed by atoms with van der Waals surface area (Å²) in [5.41, 5.74) is 1.47. The van der Waals surface area contributed by atoms with E-state index < -0.39 is 0 Å². The van der Waals surface area contributed by atoms with E-state index in [1.807, 2.05) is 0 Å². The Morgan fingerprint density at radius 1 is 1.12 bits per heavy atom. The molecule has 17 heavy (non-hydrogen) atoms. The molecule has 1 aromatic carbocycles. The lowest BCUT2D eigenvalue weighted by molar-refractivity contribution is 0.0774. The molecule has 1 aliphatic heterocycles. The largest absolute Gasteiger partial charge is 0.381 e. The van der Waals surface area contributed by atoms with Gasteiger partial charge in [-0.05, 0) is 37.0 Å². The molecule has 2 fully saturated rings. The lowest BCUT2D eigenvalue weighted by Gasteiger charge is -2.23. The van der Waals surface area contributed by atoms with Gasteiger partial charge in [-0.1, -0.05) is 28.1 Å². The Morgan fingerprint density at radius 2 is 1.82 bits per heavy atom. The van der Waals surface area contributed by atoms with Gasteiger partial charge in [0.1, 0.15) is 0 Å². The third-order valence-electron chi connectivity index (χ3n) is 3.76. The van der Waals surface area contributed by atoms with Gasteiger partial charge < -0.3 is 10.1 Å². The lowest BCUT2D eigenvalue weighted by atomic mass is 10.1. The third-order valence-corrected chi connectivity index (χ3v) is 4.29. The summed E-state index contributed by atoms with van der Waals surface area (Å²) >= 11 is 3.48. The molecule has 92 valence electrons. The molecule has 1 saturated heterocycles. The maximum absolute atomic E-state index is 5.38. The molecule has 0 amide bonds. The molecule has 2 nitrogen and oxygen atoms in total. The number of ether oxygens (including phenoxy) is 1. The summed E-state index contributed by atoms with van der Waals surface area (Å²) in [6, 6.07) is 10.1. The van der Waals surface area contributed by atoms with Crippen molar-refractivity contribution in [1.29, 1.82) is 0 Å².